The van der Waals surface area contributed by atoms with E-state index in [9.17, 15) is 0 Å². The second-order valence-electron chi connectivity index (χ2n) is 5.28. The van der Waals surface area contributed by atoms with Crippen molar-refractivity contribution in [3.63, 3.8) is 0 Å². The van der Waals surface area contributed by atoms with E-state index < -0.39 is 0 Å². The zero-order chi connectivity index (χ0) is 12.8. The van der Waals surface area contributed by atoms with Crippen LogP contribution in [0.2, 0.25) is 0 Å². The average molecular weight is 247 g/mol. The lowest BCUT2D eigenvalue weighted by Gasteiger charge is -2.21. The summed E-state index contributed by atoms with van der Waals surface area (Å²) in [5.41, 5.74) is 7.31. The average Bonchev–Trinajstić information content (AvgIpc) is 2.67. The van der Waals surface area contributed by atoms with Gasteiger partial charge in [0.05, 0.1) is 6.10 Å². The highest BCUT2D eigenvalue weighted by Gasteiger charge is 2.16. The molecule has 1 aliphatic rings. The minimum atomic E-state index is 0.0898. The summed E-state index contributed by atoms with van der Waals surface area (Å²) < 4.78 is 6.21. The lowest BCUT2D eigenvalue weighted by Crippen LogP contribution is -2.18. The largest absolute Gasteiger partial charge is 0.490 e. The summed E-state index contributed by atoms with van der Waals surface area (Å²) in [6.45, 7) is 2.12. The highest BCUT2D eigenvalue weighted by Crippen LogP contribution is 2.29. The predicted octanol–water partition coefficient (Wildman–Crippen LogP) is 4.20. The van der Waals surface area contributed by atoms with Crippen molar-refractivity contribution >= 4 is 0 Å². The van der Waals surface area contributed by atoms with Crippen molar-refractivity contribution < 1.29 is 4.74 Å². The van der Waals surface area contributed by atoms with Crippen molar-refractivity contribution in [3.05, 3.63) is 29.8 Å². The summed E-state index contributed by atoms with van der Waals surface area (Å²) in [6.07, 6.45) is 9.03. The van der Waals surface area contributed by atoms with E-state index in [2.05, 4.69) is 19.1 Å². The molecule has 1 aromatic rings. The maximum atomic E-state index is 6.21. The Morgan fingerprint density at radius 3 is 2.50 bits per heavy atom. The third-order valence-corrected chi connectivity index (χ3v) is 3.85. The van der Waals surface area contributed by atoms with E-state index in [4.69, 9.17) is 10.5 Å². The van der Waals surface area contributed by atoms with Crippen molar-refractivity contribution in [2.45, 2.75) is 64.0 Å². The molecule has 1 aliphatic carbocycles. The van der Waals surface area contributed by atoms with Gasteiger partial charge in [-0.15, -0.1) is 0 Å². The molecule has 1 aromatic carbocycles. The Labute approximate surface area is 111 Å². The van der Waals surface area contributed by atoms with E-state index in [1.807, 2.05) is 12.1 Å². The van der Waals surface area contributed by atoms with Gasteiger partial charge in [0.25, 0.3) is 0 Å². The van der Waals surface area contributed by atoms with Gasteiger partial charge in [0.1, 0.15) is 5.75 Å². The summed E-state index contributed by atoms with van der Waals surface area (Å²) >= 11 is 0. The Kier molecular flexibility index (Phi) is 5.06. The second-order valence-corrected chi connectivity index (χ2v) is 5.28. The van der Waals surface area contributed by atoms with Crippen LogP contribution in [0.3, 0.4) is 0 Å². The van der Waals surface area contributed by atoms with Gasteiger partial charge in [0.2, 0.25) is 0 Å². The van der Waals surface area contributed by atoms with Crippen LogP contribution in [0.15, 0.2) is 24.3 Å². The summed E-state index contributed by atoms with van der Waals surface area (Å²) in [5.74, 6) is 0.999. The molecule has 0 saturated heterocycles. The monoisotopic (exact) mass is 247 g/mol. The molecule has 100 valence electrons. The Morgan fingerprint density at radius 1 is 1.17 bits per heavy atom. The van der Waals surface area contributed by atoms with E-state index in [1.54, 1.807) is 0 Å². The van der Waals surface area contributed by atoms with Crippen LogP contribution in [-0.2, 0) is 0 Å². The molecular formula is C16H25NO. The highest BCUT2D eigenvalue weighted by molar-refractivity contribution is 5.35. The number of benzene rings is 1. The van der Waals surface area contributed by atoms with Gasteiger partial charge in [-0.1, -0.05) is 38.0 Å². The van der Waals surface area contributed by atoms with Crippen LogP contribution in [0.4, 0.5) is 0 Å². The molecule has 0 amide bonds. The standard InChI is InChI=1S/C16H25NO/c1-2-15(17)14-11-7-8-12-16(14)18-13-9-5-3-4-6-10-13/h7-8,11-13,15H,2-6,9-10,17H2,1H3/t15-/m1/s1. The molecule has 18 heavy (non-hydrogen) atoms. The van der Waals surface area contributed by atoms with Crippen molar-refractivity contribution in [1.82, 2.24) is 0 Å². The van der Waals surface area contributed by atoms with Crippen LogP contribution in [0.25, 0.3) is 0 Å². The van der Waals surface area contributed by atoms with Gasteiger partial charge in [-0.05, 0) is 38.2 Å². The quantitative estimate of drug-likeness (QED) is 0.809. The van der Waals surface area contributed by atoms with E-state index in [1.165, 1.54) is 38.5 Å². The van der Waals surface area contributed by atoms with Crippen LogP contribution in [-0.4, -0.2) is 6.10 Å². The van der Waals surface area contributed by atoms with Crippen LogP contribution in [0.1, 0.15) is 63.5 Å². The van der Waals surface area contributed by atoms with Crippen LogP contribution < -0.4 is 10.5 Å². The third-order valence-electron chi connectivity index (χ3n) is 3.85. The Hall–Kier alpha value is -1.02. The number of ether oxygens (including phenoxy) is 1. The molecule has 2 nitrogen and oxygen atoms in total. The second kappa shape index (κ2) is 6.79. The number of para-hydroxylation sites is 1. The van der Waals surface area contributed by atoms with Gasteiger partial charge in [-0.2, -0.15) is 0 Å². The van der Waals surface area contributed by atoms with Crippen LogP contribution in [0, 0.1) is 0 Å². The summed E-state index contributed by atoms with van der Waals surface area (Å²) in [7, 11) is 0. The summed E-state index contributed by atoms with van der Waals surface area (Å²) in [4.78, 5) is 0. The molecule has 2 heteroatoms. The first-order valence-corrected chi connectivity index (χ1v) is 7.32. The number of rotatable bonds is 4. The molecule has 0 aliphatic heterocycles. The fraction of sp³-hybridized carbons (Fsp3) is 0.625. The zero-order valence-corrected chi connectivity index (χ0v) is 11.4. The summed E-state index contributed by atoms with van der Waals surface area (Å²) in [6, 6.07) is 8.34. The van der Waals surface area contributed by atoms with Gasteiger partial charge in [0, 0.05) is 11.6 Å². The first kappa shape index (κ1) is 13.4. The minimum Gasteiger partial charge on any atom is -0.490 e. The van der Waals surface area contributed by atoms with Crippen molar-refractivity contribution in [3.8, 4) is 5.75 Å². The number of hydrogen-bond acceptors (Lipinski definition) is 2. The van der Waals surface area contributed by atoms with Gasteiger partial charge < -0.3 is 10.5 Å². The zero-order valence-electron chi connectivity index (χ0n) is 11.4. The maximum Gasteiger partial charge on any atom is 0.124 e. The van der Waals surface area contributed by atoms with E-state index in [0.29, 0.717) is 6.10 Å². The molecule has 0 unspecified atom stereocenters. The molecule has 1 fully saturated rings. The van der Waals surface area contributed by atoms with E-state index in [-0.39, 0.29) is 6.04 Å². The highest BCUT2D eigenvalue weighted by atomic mass is 16.5. The number of nitrogens with two attached hydrogens (primary N) is 1. The molecule has 1 saturated carbocycles. The minimum absolute atomic E-state index is 0.0898. The predicted molar refractivity (Wildman–Crippen MR) is 75.8 cm³/mol. The van der Waals surface area contributed by atoms with Crippen LogP contribution in [0.5, 0.6) is 5.75 Å². The molecule has 0 aromatic heterocycles. The fourth-order valence-electron chi connectivity index (χ4n) is 2.65. The molecular weight excluding hydrogens is 222 g/mol. The third kappa shape index (κ3) is 3.49. The van der Waals surface area contributed by atoms with Crippen LogP contribution >= 0.6 is 0 Å². The molecule has 2 rings (SSSR count). The number of hydrogen-bond donors (Lipinski definition) is 1. The molecule has 0 bridgehead atoms. The van der Waals surface area contributed by atoms with Gasteiger partial charge in [-0.25, -0.2) is 0 Å². The van der Waals surface area contributed by atoms with E-state index >= 15 is 0 Å². The molecule has 2 N–H and O–H groups in total. The lowest BCUT2D eigenvalue weighted by atomic mass is 10.0. The Morgan fingerprint density at radius 2 is 1.83 bits per heavy atom. The van der Waals surface area contributed by atoms with Crippen molar-refractivity contribution in [2.24, 2.45) is 5.73 Å². The van der Waals surface area contributed by atoms with Gasteiger partial charge in [0.15, 0.2) is 0 Å². The smallest absolute Gasteiger partial charge is 0.124 e. The molecule has 0 radical (unpaired) electrons. The van der Waals surface area contributed by atoms with E-state index in [0.717, 1.165) is 17.7 Å². The normalized spacial score (nSPS) is 19.2. The molecule has 1 atom stereocenters. The SMILES string of the molecule is CC[C@@H](N)c1ccccc1OC1CCCCCC1. The molecule has 0 spiro atoms. The first-order chi connectivity index (χ1) is 8.81. The fourth-order valence-corrected chi connectivity index (χ4v) is 2.65. The summed E-state index contributed by atoms with van der Waals surface area (Å²) in [5, 5.41) is 0. The topological polar surface area (TPSA) is 35.2 Å². The lowest BCUT2D eigenvalue weighted by molar-refractivity contribution is 0.181. The van der Waals surface area contributed by atoms with Gasteiger partial charge in [-0.3, -0.25) is 0 Å². The maximum absolute atomic E-state index is 6.21. The van der Waals surface area contributed by atoms with Crippen molar-refractivity contribution in [2.75, 3.05) is 0 Å². The van der Waals surface area contributed by atoms with Gasteiger partial charge >= 0.3 is 0 Å². The van der Waals surface area contributed by atoms with Crippen molar-refractivity contribution in [1.29, 1.82) is 0 Å². The Bertz CT molecular complexity index is 356. The first-order valence-electron chi connectivity index (χ1n) is 7.32. The molecule has 0 heterocycles. The Balaban J connectivity index is 2.07.